The quantitative estimate of drug-likeness (QED) is 0.676. The number of aliphatic hydroxyl groups excluding tert-OH is 1. The highest BCUT2D eigenvalue weighted by Crippen LogP contribution is 2.46. The van der Waals surface area contributed by atoms with Crippen molar-refractivity contribution in [2.75, 3.05) is 12.4 Å². The monoisotopic (exact) mass is 395 g/mol. The van der Waals surface area contributed by atoms with Gasteiger partial charge in [-0.25, -0.2) is 0 Å². The maximum absolute atomic E-state index is 12.7. The highest BCUT2D eigenvalue weighted by Gasteiger charge is 2.49. The molecule has 0 aromatic heterocycles. The average molecular weight is 396 g/mol. The zero-order valence-electron chi connectivity index (χ0n) is 13.7. The molecule has 1 aliphatic heterocycles. The van der Waals surface area contributed by atoms with Gasteiger partial charge < -0.3 is 20.3 Å². The van der Waals surface area contributed by atoms with Crippen LogP contribution in [-0.4, -0.2) is 29.0 Å². The molecule has 1 amide bonds. The normalized spacial score (nSPS) is 18.4. The molecule has 0 bridgehead atoms. The summed E-state index contributed by atoms with van der Waals surface area (Å²) in [5.74, 6) is -0.912. The summed E-state index contributed by atoms with van der Waals surface area (Å²) in [5.41, 5.74) is -1.20. The van der Waals surface area contributed by atoms with Gasteiger partial charge in [0.1, 0.15) is 5.75 Å². The Morgan fingerprint density at radius 3 is 2.58 bits per heavy atom. The minimum Gasteiger partial charge on any atom is -0.497 e. The van der Waals surface area contributed by atoms with Crippen LogP contribution in [0.4, 0.5) is 5.69 Å². The summed E-state index contributed by atoms with van der Waals surface area (Å²) in [6.07, 6.45) is -0.538. The number of nitrogens with one attached hydrogen (secondary N) is 1. The lowest BCUT2D eigenvalue weighted by Crippen LogP contribution is -2.36. The molecule has 1 aliphatic rings. The molecule has 0 fully saturated rings. The van der Waals surface area contributed by atoms with Gasteiger partial charge in [0.15, 0.2) is 11.4 Å². The number of halogens is 2. The second-order valence-electron chi connectivity index (χ2n) is 5.92. The van der Waals surface area contributed by atoms with Crippen molar-refractivity contribution in [2.45, 2.75) is 18.6 Å². The first-order chi connectivity index (χ1) is 12.3. The van der Waals surface area contributed by atoms with E-state index in [9.17, 15) is 19.8 Å². The highest BCUT2D eigenvalue weighted by molar-refractivity contribution is 6.38. The van der Waals surface area contributed by atoms with Crippen molar-refractivity contribution in [3.8, 4) is 5.75 Å². The van der Waals surface area contributed by atoms with E-state index in [1.54, 1.807) is 6.07 Å². The summed E-state index contributed by atoms with van der Waals surface area (Å²) in [4.78, 5) is 25.1. The largest absolute Gasteiger partial charge is 0.497 e. The van der Waals surface area contributed by atoms with E-state index >= 15 is 0 Å². The van der Waals surface area contributed by atoms with E-state index in [1.165, 1.54) is 31.4 Å². The van der Waals surface area contributed by atoms with Gasteiger partial charge in [-0.2, -0.15) is 0 Å². The third kappa shape index (κ3) is 3.05. The first kappa shape index (κ1) is 18.7. The van der Waals surface area contributed by atoms with Gasteiger partial charge in [0.25, 0.3) is 5.91 Å². The van der Waals surface area contributed by atoms with E-state index in [-0.39, 0.29) is 33.5 Å². The molecular weight excluding hydrogens is 381 g/mol. The van der Waals surface area contributed by atoms with Gasteiger partial charge in [0.05, 0.1) is 30.8 Å². The maximum Gasteiger partial charge on any atom is 0.261 e. The van der Waals surface area contributed by atoms with Gasteiger partial charge in [-0.3, -0.25) is 9.59 Å². The number of ether oxygens (including phenoxy) is 1. The van der Waals surface area contributed by atoms with Crippen LogP contribution < -0.4 is 10.1 Å². The zero-order valence-corrected chi connectivity index (χ0v) is 15.2. The van der Waals surface area contributed by atoms with Gasteiger partial charge >= 0.3 is 0 Å². The Morgan fingerprint density at radius 2 is 1.92 bits per heavy atom. The fourth-order valence-electron chi connectivity index (χ4n) is 2.94. The number of amides is 1. The predicted molar refractivity (Wildman–Crippen MR) is 96.9 cm³/mol. The standard InChI is InChI=1S/C18H15Cl2NO5/c1-26-11-5-9(8-22)4-10(6-11)14(23)7-18(25)15-12(19)2-3-13(20)16(15)21-17(18)24/h2-6,22,25H,7-8H2,1H3,(H,21,24). The number of anilines is 1. The summed E-state index contributed by atoms with van der Waals surface area (Å²) in [6, 6.07) is 7.47. The molecule has 1 unspecified atom stereocenters. The Balaban J connectivity index is 2.01. The molecule has 6 nitrogen and oxygen atoms in total. The van der Waals surface area contributed by atoms with E-state index in [0.717, 1.165) is 0 Å². The first-order valence-corrected chi connectivity index (χ1v) is 8.40. The number of ketones is 1. The minimum atomic E-state index is -2.14. The fourth-order valence-corrected chi connectivity index (χ4v) is 3.46. The molecule has 1 atom stereocenters. The fraction of sp³-hybridized carbons (Fsp3) is 0.222. The van der Waals surface area contributed by atoms with Crippen molar-refractivity contribution in [1.29, 1.82) is 0 Å². The Labute approximate surface area is 159 Å². The van der Waals surface area contributed by atoms with E-state index < -0.39 is 23.7 Å². The third-order valence-electron chi connectivity index (χ3n) is 4.25. The number of carbonyl (C=O) groups is 2. The van der Waals surface area contributed by atoms with Crippen LogP contribution in [0.2, 0.25) is 10.0 Å². The Hall–Kier alpha value is -2.12. The number of rotatable bonds is 5. The van der Waals surface area contributed by atoms with E-state index in [0.29, 0.717) is 11.3 Å². The van der Waals surface area contributed by atoms with Crippen LogP contribution in [0, 0.1) is 0 Å². The van der Waals surface area contributed by atoms with Crippen LogP contribution in [-0.2, 0) is 17.0 Å². The summed E-state index contributed by atoms with van der Waals surface area (Å²) < 4.78 is 5.11. The number of fused-ring (bicyclic) bond motifs is 1. The summed E-state index contributed by atoms with van der Waals surface area (Å²) in [7, 11) is 1.43. The van der Waals surface area contributed by atoms with Crippen molar-refractivity contribution < 1.29 is 24.5 Å². The summed E-state index contributed by atoms with van der Waals surface area (Å²) in [6.45, 7) is -0.285. The number of carbonyl (C=O) groups excluding carboxylic acids is 2. The summed E-state index contributed by atoms with van der Waals surface area (Å²) >= 11 is 12.2. The summed E-state index contributed by atoms with van der Waals surface area (Å²) in [5, 5.41) is 23.1. The van der Waals surface area contributed by atoms with E-state index in [1.807, 2.05) is 0 Å². The van der Waals surface area contributed by atoms with Crippen LogP contribution >= 0.6 is 23.2 Å². The molecule has 3 rings (SSSR count). The van der Waals surface area contributed by atoms with Gasteiger partial charge in [0.2, 0.25) is 0 Å². The molecule has 8 heteroatoms. The Morgan fingerprint density at radius 1 is 1.23 bits per heavy atom. The van der Waals surface area contributed by atoms with Crippen molar-refractivity contribution in [2.24, 2.45) is 0 Å². The van der Waals surface area contributed by atoms with Crippen molar-refractivity contribution in [3.63, 3.8) is 0 Å². The second kappa shape index (κ2) is 6.89. The van der Waals surface area contributed by atoms with Gasteiger partial charge in [0, 0.05) is 16.1 Å². The van der Waals surface area contributed by atoms with Gasteiger partial charge in [-0.15, -0.1) is 0 Å². The second-order valence-corrected chi connectivity index (χ2v) is 6.74. The molecule has 0 spiro atoms. The Bertz CT molecular complexity index is 892. The molecule has 2 aromatic rings. The molecule has 0 radical (unpaired) electrons. The van der Waals surface area contributed by atoms with Crippen molar-refractivity contribution >= 4 is 40.6 Å². The highest BCUT2D eigenvalue weighted by atomic mass is 35.5. The van der Waals surface area contributed by atoms with Crippen LogP contribution in [0.15, 0.2) is 30.3 Å². The molecule has 136 valence electrons. The smallest absolute Gasteiger partial charge is 0.261 e. The third-order valence-corrected chi connectivity index (χ3v) is 4.88. The molecule has 1 heterocycles. The van der Waals surface area contributed by atoms with Crippen molar-refractivity contribution in [3.05, 3.63) is 57.1 Å². The van der Waals surface area contributed by atoms with Crippen LogP contribution in [0.5, 0.6) is 5.75 Å². The van der Waals surface area contributed by atoms with Crippen LogP contribution in [0.25, 0.3) is 0 Å². The zero-order chi connectivity index (χ0) is 19.1. The lowest BCUT2D eigenvalue weighted by Gasteiger charge is -2.21. The number of benzene rings is 2. The topological polar surface area (TPSA) is 95.9 Å². The van der Waals surface area contributed by atoms with Gasteiger partial charge in [-0.05, 0) is 35.9 Å². The molecule has 0 aliphatic carbocycles. The molecule has 26 heavy (non-hydrogen) atoms. The van der Waals surface area contributed by atoms with E-state index in [2.05, 4.69) is 5.32 Å². The molecule has 0 saturated carbocycles. The minimum absolute atomic E-state index is 0.0790. The van der Waals surface area contributed by atoms with Gasteiger partial charge in [-0.1, -0.05) is 23.2 Å². The van der Waals surface area contributed by atoms with E-state index in [4.69, 9.17) is 27.9 Å². The van der Waals surface area contributed by atoms with Crippen molar-refractivity contribution in [1.82, 2.24) is 0 Å². The molecule has 0 saturated heterocycles. The molecule has 2 aromatic carbocycles. The van der Waals surface area contributed by atoms with Crippen LogP contribution in [0.1, 0.15) is 27.9 Å². The first-order valence-electron chi connectivity index (χ1n) is 7.64. The molecular formula is C18H15Cl2NO5. The lowest BCUT2D eigenvalue weighted by atomic mass is 9.87. The molecule has 3 N–H and O–H groups in total. The van der Waals surface area contributed by atoms with Crippen LogP contribution in [0.3, 0.4) is 0 Å². The number of hydrogen-bond acceptors (Lipinski definition) is 5. The predicted octanol–water partition coefficient (Wildman–Crippen LogP) is 2.91. The maximum atomic E-state index is 12.7. The average Bonchev–Trinajstić information content (AvgIpc) is 2.89. The number of Topliss-reactive ketones (excluding diaryl/α,β-unsaturated/α-hetero) is 1. The number of methoxy groups -OCH3 is 1. The lowest BCUT2D eigenvalue weighted by molar-refractivity contribution is -0.133. The number of aliphatic hydroxyl groups is 2. The SMILES string of the molecule is COc1cc(CO)cc(C(=O)CC2(O)C(=O)Nc3c(Cl)ccc(Cl)c32)c1. The number of hydrogen-bond donors (Lipinski definition) is 3. The Kier molecular flexibility index (Phi) is 4.94.